The van der Waals surface area contributed by atoms with Crippen molar-refractivity contribution in [2.24, 2.45) is 11.8 Å². The van der Waals surface area contributed by atoms with E-state index in [0.717, 1.165) is 24.7 Å². The zero-order valence-electron chi connectivity index (χ0n) is 9.28. The number of likely N-dealkylation sites (tertiary alicyclic amines) is 1. The van der Waals surface area contributed by atoms with Crippen LogP contribution in [-0.4, -0.2) is 35.7 Å². The van der Waals surface area contributed by atoms with Crippen molar-refractivity contribution in [3.05, 3.63) is 0 Å². The van der Waals surface area contributed by atoms with E-state index in [1.807, 2.05) is 0 Å². The van der Waals surface area contributed by atoms with Crippen LogP contribution in [0.1, 0.15) is 39.0 Å². The highest BCUT2D eigenvalue weighted by atomic mass is 16.3. The first-order valence-corrected chi connectivity index (χ1v) is 6.20. The summed E-state index contributed by atoms with van der Waals surface area (Å²) in [5, 5.41) is 9.52. The Morgan fingerprint density at radius 2 is 1.79 bits per heavy atom. The zero-order chi connectivity index (χ0) is 9.97. The molecule has 2 aliphatic rings. The number of aliphatic hydroxyl groups excluding tert-OH is 1. The minimum absolute atomic E-state index is 0.0178. The van der Waals surface area contributed by atoms with Crippen molar-refractivity contribution in [2.45, 2.75) is 45.1 Å². The van der Waals surface area contributed by atoms with Crippen molar-refractivity contribution in [2.75, 3.05) is 19.6 Å². The molecule has 14 heavy (non-hydrogen) atoms. The number of hydrogen-bond acceptors (Lipinski definition) is 2. The minimum atomic E-state index is 0.0178. The highest BCUT2D eigenvalue weighted by molar-refractivity contribution is 4.83. The molecule has 0 radical (unpaired) electrons. The van der Waals surface area contributed by atoms with E-state index in [-0.39, 0.29) is 6.10 Å². The molecule has 82 valence electrons. The second kappa shape index (κ2) is 4.63. The monoisotopic (exact) mass is 197 g/mol. The maximum Gasteiger partial charge on any atom is 0.0543 e. The van der Waals surface area contributed by atoms with Gasteiger partial charge in [0.05, 0.1) is 6.10 Å². The van der Waals surface area contributed by atoms with Gasteiger partial charge in [-0.05, 0) is 63.6 Å². The van der Waals surface area contributed by atoms with E-state index >= 15 is 0 Å². The van der Waals surface area contributed by atoms with E-state index in [0.29, 0.717) is 0 Å². The Morgan fingerprint density at radius 3 is 2.29 bits per heavy atom. The maximum absolute atomic E-state index is 9.52. The minimum Gasteiger partial charge on any atom is -0.393 e. The molecule has 0 amide bonds. The van der Waals surface area contributed by atoms with Crippen LogP contribution in [0.2, 0.25) is 0 Å². The van der Waals surface area contributed by atoms with E-state index in [1.54, 1.807) is 0 Å². The van der Waals surface area contributed by atoms with E-state index in [9.17, 15) is 5.11 Å². The summed E-state index contributed by atoms with van der Waals surface area (Å²) in [7, 11) is 0. The Bertz CT molecular complexity index is 175. The van der Waals surface area contributed by atoms with Crippen molar-refractivity contribution in [1.82, 2.24) is 4.90 Å². The van der Waals surface area contributed by atoms with Crippen LogP contribution in [0.15, 0.2) is 0 Å². The molecule has 0 aromatic heterocycles. The summed E-state index contributed by atoms with van der Waals surface area (Å²) in [6.07, 6.45) is 6.16. The average molecular weight is 197 g/mol. The van der Waals surface area contributed by atoms with Crippen LogP contribution in [0.4, 0.5) is 0 Å². The highest BCUT2D eigenvalue weighted by Gasteiger charge is 2.31. The molecule has 0 aromatic carbocycles. The predicted octanol–water partition coefficient (Wildman–Crippen LogP) is 1.88. The fraction of sp³-hybridized carbons (Fsp3) is 1.00. The first-order chi connectivity index (χ1) is 6.79. The Kier molecular flexibility index (Phi) is 3.45. The third-order valence-electron chi connectivity index (χ3n) is 4.19. The van der Waals surface area contributed by atoms with Crippen LogP contribution in [0.5, 0.6) is 0 Å². The van der Waals surface area contributed by atoms with E-state index in [1.165, 1.54) is 38.9 Å². The first-order valence-electron chi connectivity index (χ1n) is 6.20. The molecule has 2 rings (SSSR count). The van der Waals surface area contributed by atoms with Gasteiger partial charge in [-0.1, -0.05) is 6.92 Å². The largest absolute Gasteiger partial charge is 0.393 e. The Balaban J connectivity index is 1.78. The second-order valence-electron chi connectivity index (χ2n) is 5.00. The number of piperidine rings is 1. The molecule has 0 bridgehead atoms. The topological polar surface area (TPSA) is 23.5 Å². The predicted molar refractivity (Wildman–Crippen MR) is 58.2 cm³/mol. The Morgan fingerprint density at radius 1 is 1.07 bits per heavy atom. The van der Waals surface area contributed by atoms with Gasteiger partial charge in [-0.15, -0.1) is 0 Å². The van der Waals surface area contributed by atoms with Gasteiger partial charge in [0.2, 0.25) is 0 Å². The lowest BCUT2D eigenvalue weighted by Crippen LogP contribution is -2.35. The summed E-state index contributed by atoms with van der Waals surface area (Å²) in [6.45, 7) is 6.03. The van der Waals surface area contributed by atoms with Crippen molar-refractivity contribution in [3.63, 3.8) is 0 Å². The van der Waals surface area contributed by atoms with Gasteiger partial charge in [0.15, 0.2) is 0 Å². The molecule has 0 aromatic rings. The summed E-state index contributed by atoms with van der Waals surface area (Å²) in [4.78, 5) is 2.54. The molecule has 1 heterocycles. The van der Waals surface area contributed by atoms with Crippen LogP contribution in [0.25, 0.3) is 0 Å². The first kappa shape index (κ1) is 10.4. The molecular formula is C12H23NO. The van der Waals surface area contributed by atoms with Crippen molar-refractivity contribution in [3.8, 4) is 0 Å². The standard InChI is InChI=1S/C12H23NO/c1-2-13-7-5-10(6-8-13)11-3-4-12(14)9-11/h10-12,14H,2-9H2,1H3. The smallest absolute Gasteiger partial charge is 0.0543 e. The normalized spacial score (nSPS) is 36.4. The lowest BCUT2D eigenvalue weighted by molar-refractivity contribution is 0.135. The Labute approximate surface area is 87.3 Å². The third-order valence-corrected chi connectivity index (χ3v) is 4.19. The molecule has 2 unspecified atom stereocenters. The molecule has 1 aliphatic heterocycles. The van der Waals surface area contributed by atoms with Crippen LogP contribution in [0, 0.1) is 11.8 Å². The molecule has 2 nitrogen and oxygen atoms in total. The van der Waals surface area contributed by atoms with Crippen LogP contribution in [-0.2, 0) is 0 Å². The second-order valence-corrected chi connectivity index (χ2v) is 5.00. The number of hydrogen-bond donors (Lipinski definition) is 1. The van der Waals surface area contributed by atoms with Gasteiger partial charge in [0.1, 0.15) is 0 Å². The van der Waals surface area contributed by atoms with Gasteiger partial charge in [-0.3, -0.25) is 0 Å². The van der Waals surface area contributed by atoms with Crippen LogP contribution >= 0.6 is 0 Å². The third kappa shape index (κ3) is 2.29. The van der Waals surface area contributed by atoms with Gasteiger partial charge in [-0.25, -0.2) is 0 Å². The fourth-order valence-corrected chi connectivity index (χ4v) is 3.16. The van der Waals surface area contributed by atoms with Gasteiger partial charge in [-0.2, -0.15) is 0 Å². The van der Waals surface area contributed by atoms with Gasteiger partial charge in [0, 0.05) is 0 Å². The summed E-state index contributed by atoms with van der Waals surface area (Å²) >= 11 is 0. The van der Waals surface area contributed by atoms with E-state index in [2.05, 4.69) is 11.8 Å². The van der Waals surface area contributed by atoms with E-state index < -0.39 is 0 Å². The molecule has 1 saturated carbocycles. The SMILES string of the molecule is CCN1CCC(C2CCC(O)C2)CC1. The quantitative estimate of drug-likeness (QED) is 0.730. The average Bonchev–Trinajstić information content (AvgIpc) is 2.65. The lowest BCUT2D eigenvalue weighted by Gasteiger charge is -2.34. The summed E-state index contributed by atoms with van der Waals surface area (Å²) in [6, 6.07) is 0. The summed E-state index contributed by atoms with van der Waals surface area (Å²) in [5.74, 6) is 1.75. The molecule has 2 fully saturated rings. The molecule has 0 spiro atoms. The fourth-order valence-electron chi connectivity index (χ4n) is 3.16. The van der Waals surface area contributed by atoms with Crippen molar-refractivity contribution < 1.29 is 5.11 Å². The number of rotatable bonds is 2. The van der Waals surface area contributed by atoms with Crippen molar-refractivity contribution >= 4 is 0 Å². The van der Waals surface area contributed by atoms with Gasteiger partial charge >= 0.3 is 0 Å². The number of aliphatic hydroxyl groups is 1. The van der Waals surface area contributed by atoms with Crippen molar-refractivity contribution in [1.29, 1.82) is 0 Å². The van der Waals surface area contributed by atoms with E-state index in [4.69, 9.17) is 0 Å². The lowest BCUT2D eigenvalue weighted by atomic mass is 9.83. The van der Waals surface area contributed by atoms with Gasteiger partial charge in [0.25, 0.3) is 0 Å². The van der Waals surface area contributed by atoms with Crippen LogP contribution in [0.3, 0.4) is 0 Å². The molecule has 1 saturated heterocycles. The highest BCUT2D eigenvalue weighted by Crippen LogP contribution is 2.36. The molecular weight excluding hydrogens is 174 g/mol. The molecule has 1 N–H and O–H groups in total. The Hall–Kier alpha value is -0.0800. The van der Waals surface area contributed by atoms with Crippen LogP contribution < -0.4 is 0 Å². The number of nitrogens with zero attached hydrogens (tertiary/aromatic N) is 1. The maximum atomic E-state index is 9.52. The summed E-state index contributed by atoms with van der Waals surface area (Å²) < 4.78 is 0. The molecule has 2 atom stereocenters. The summed E-state index contributed by atoms with van der Waals surface area (Å²) in [5.41, 5.74) is 0. The van der Waals surface area contributed by atoms with Gasteiger partial charge < -0.3 is 10.0 Å². The zero-order valence-corrected chi connectivity index (χ0v) is 9.28. The molecule has 1 aliphatic carbocycles. The molecule has 2 heteroatoms.